The summed E-state index contributed by atoms with van der Waals surface area (Å²) in [4.78, 5) is 15.0. The number of hydrogen-bond acceptors (Lipinski definition) is 4. The van der Waals surface area contributed by atoms with Crippen LogP contribution in [-0.4, -0.2) is 40.9 Å². The zero-order valence-corrected chi connectivity index (χ0v) is 13.7. The van der Waals surface area contributed by atoms with Crippen molar-refractivity contribution in [3.63, 3.8) is 0 Å². The van der Waals surface area contributed by atoms with Gasteiger partial charge >= 0.3 is 0 Å². The van der Waals surface area contributed by atoms with Crippen LogP contribution in [0.4, 0.5) is 0 Å². The van der Waals surface area contributed by atoms with Crippen LogP contribution in [0.2, 0.25) is 0 Å². The summed E-state index contributed by atoms with van der Waals surface area (Å²) in [6, 6.07) is 6.29. The number of aromatic nitrogens is 1. The Balaban J connectivity index is 1.52. The molecule has 22 heavy (non-hydrogen) atoms. The number of nitrogens with one attached hydrogen (secondary N) is 1. The Morgan fingerprint density at radius 3 is 2.91 bits per heavy atom. The predicted octanol–water partition coefficient (Wildman–Crippen LogP) is 2.68. The topological polar surface area (TPSA) is 45.2 Å². The lowest BCUT2D eigenvalue weighted by atomic mass is 9.84. The summed E-state index contributed by atoms with van der Waals surface area (Å²) >= 11 is 1.49. The maximum Gasteiger partial charge on any atom is 0.251 e. The lowest BCUT2D eigenvalue weighted by molar-refractivity contribution is 0.0620. The maximum atomic E-state index is 12.6. The van der Waals surface area contributed by atoms with E-state index in [0.717, 1.165) is 28.9 Å². The quantitative estimate of drug-likeness (QED) is 0.947. The number of rotatable bonds is 3. The van der Waals surface area contributed by atoms with E-state index in [1.54, 1.807) is 0 Å². The third-order valence-corrected chi connectivity index (χ3v) is 5.96. The third-order valence-electron chi connectivity index (χ3n) is 5.12. The molecule has 4 nitrogen and oxygen atoms in total. The van der Waals surface area contributed by atoms with Crippen molar-refractivity contribution in [2.24, 2.45) is 5.92 Å². The van der Waals surface area contributed by atoms with Gasteiger partial charge in [0.1, 0.15) is 0 Å². The van der Waals surface area contributed by atoms with Crippen LogP contribution >= 0.6 is 11.5 Å². The van der Waals surface area contributed by atoms with Crippen molar-refractivity contribution in [1.29, 1.82) is 0 Å². The van der Waals surface area contributed by atoms with E-state index < -0.39 is 0 Å². The molecule has 3 aliphatic heterocycles. The van der Waals surface area contributed by atoms with Crippen LogP contribution in [0.1, 0.15) is 35.8 Å². The highest BCUT2D eigenvalue weighted by atomic mass is 32.1. The van der Waals surface area contributed by atoms with Gasteiger partial charge in [0.25, 0.3) is 5.91 Å². The summed E-state index contributed by atoms with van der Waals surface area (Å²) in [5, 5.41) is 4.44. The standard InChI is InChI=1S/C17H21N3OS/c1-2-14-13-4-3-12(9-16(13)22-19-14)17(21)18-15-10-20-7-5-11(15)6-8-20/h3-4,9,11,15H,2,5-8,10H2,1H3,(H,18,21)/t15-/m0/s1. The van der Waals surface area contributed by atoms with Crippen molar-refractivity contribution in [1.82, 2.24) is 14.6 Å². The Kier molecular flexibility index (Phi) is 3.62. The first-order valence-electron chi connectivity index (χ1n) is 8.16. The van der Waals surface area contributed by atoms with Gasteiger partial charge in [-0.25, -0.2) is 0 Å². The summed E-state index contributed by atoms with van der Waals surface area (Å²) in [6.07, 6.45) is 3.38. The van der Waals surface area contributed by atoms with Crippen molar-refractivity contribution >= 4 is 27.5 Å². The number of piperidine rings is 3. The fraction of sp³-hybridized carbons (Fsp3) is 0.529. The zero-order valence-electron chi connectivity index (χ0n) is 12.8. The molecule has 5 heteroatoms. The fourth-order valence-corrected chi connectivity index (χ4v) is 4.67. The van der Waals surface area contributed by atoms with E-state index >= 15 is 0 Å². The fourth-order valence-electron chi connectivity index (χ4n) is 3.77. The average Bonchev–Trinajstić information content (AvgIpc) is 2.98. The second-order valence-electron chi connectivity index (χ2n) is 6.41. The third kappa shape index (κ3) is 2.42. The van der Waals surface area contributed by atoms with Crippen molar-refractivity contribution in [3.05, 3.63) is 29.5 Å². The molecular weight excluding hydrogens is 294 g/mol. The Morgan fingerprint density at radius 2 is 2.23 bits per heavy atom. The first-order chi connectivity index (χ1) is 10.7. The van der Waals surface area contributed by atoms with Gasteiger partial charge in [0.2, 0.25) is 0 Å². The molecule has 3 fully saturated rings. The zero-order chi connectivity index (χ0) is 15.1. The van der Waals surface area contributed by atoms with E-state index in [1.807, 2.05) is 18.2 Å². The Morgan fingerprint density at radius 1 is 1.41 bits per heavy atom. The molecule has 2 aromatic rings. The van der Waals surface area contributed by atoms with Crippen molar-refractivity contribution in [3.8, 4) is 0 Å². The van der Waals surface area contributed by atoms with Gasteiger partial charge in [0, 0.05) is 23.5 Å². The molecule has 0 saturated carbocycles. The number of benzene rings is 1. The number of carbonyl (C=O) groups excluding carboxylic acids is 1. The van der Waals surface area contributed by atoms with Crippen LogP contribution in [0.3, 0.4) is 0 Å². The van der Waals surface area contributed by atoms with E-state index in [4.69, 9.17) is 0 Å². The number of aryl methyl sites for hydroxylation is 1. The molecule has 1 amide bonds. The highest BCUT2D eigenvalue weighted by Gasteiger charge is 2.34. The van der Waals surface area contributed by atoms with Crippen molar-refractivity contribution in [2.75, 3.05) is 19.6 Å². The average molecular weight is 315 g/mol. The molecule has 0 spiro atoms. The van der Waals surface area contributed by atoms with Crippen LogP contribution in [0.15, 0.2) is 18.2 Å². The smallest absolute Gasteiger partial charge is 0.251 e. The van der Waals surface area contributed by atoms with E-state index in [0.29, 0.717) is 12.0 Å². The van der Waals surface area contributed by atoms with E-state index in [2.05, 4.69) is 21.5 Å². The molecule has 3 aliphatic rings. The number of nitrogens with zero attached hydrogens (tertiary/aromatic N) is 2. The minimum Gasteiger partial charge on any atom is -0.348 e. The van der Waals surface area contributed by atoms with Gasteiger partial charge in [-0.3, -0.25) is 4.79 Å². The minimum atomic E-state index is 0.0621. The molecule has 3 saturated heterocycles. The number of fused-ring (bicyclic) bond motifs is 4. The Bertz CT molecular complexity index is 703. The second kappa shape index (κ2) is 5.63. The van der Waals surface area contributed by atoms with Gasteiger partial charge in [-0.2, -0.15) is 4.37 Å². The predicted molar refractivity (Wildman–Crippen MR) is 89.4 cm³/mol. The highest BCUT2D eigenvalue weighted by molar-refractivity contribution is 7.13. The summed E-state index contributed by atoms with van der Waals surface area (Å²) < 4.78 is 5.57. The second-order valence-corrected chi connectivity index (χ2v) is 7.22. The lowest BCUT2D eigenvalue weighted by Gasteiger charge is -2.44. The molecule has 1 aromatic carbocycles. The van der Waals surface area contributed by atoms with Gasteiger partial charge < -0.3 is 10.2 Å². The molecule has 4 heterocycles. The molecule has 1 N–H and O–H groups in total. The van der Waals surface area contributed by atoms with Gasteiger partial charge in [0.15, 0.2) is 0 Å². The monoisotopic (exact) mass is 315 g/mol. The van der Waals surface area contributed by atoms with Crippen LogP contribution < -0.4 is 5.32 Å². The van der Waals surface area contributed by atoms with Crippen LogP contribution in [0.5, 0.6) is 0 Å². The summed E-state index contributed by atoms with van der Waals surface area (Å²) in [5.41, 5.74) is 1.89. The molecular formula is C17H21N3OS. The molecule has 1 atom stereocenters. The SMILES string of the molecule is CCc1nsc2cc(C(=O)N[C@H]3CN4CCC3CC4)ccc12. The molecule has 2 bridgehead atoms. The summed E-state index contributed by atoms with van der Waals surface area (Å²) in [6.45, 7) is 5.52. The largest absolute Gasteiger partial charge is 0.348 e. The normalized spacial score (nSPS) is 27.2. The number of amides is 1. The number of hydrogen-bond donors (Lipinski definition) is 1. The van der Waals surface area contributed by atoms with Crippen LogP contribution in [0, 0.1) is 5.92 Å². The van der Waals surface area contributed by atoms with Crippen molar-refractivity contribution in [2.45, 2.75) is 32.2 Å². The molecule has 1 aromatic heterocycles. The number of carbonyl (C=O) groups is 1. The molecule has 5 rings (SSSR count). The summed E-state index contributed by atoms with van der Waals surface area (Å²) in [5.74, 6) is 0.722. The van der Waals surface area contributed by atoms with Crippen LogP contribution in [-0.2, 0) is 6.42 Å². The van der Waals surface area contributed by atoms with Gasteiger partial charge in [0.05, 0.1) is 10.4 Å². The van der Waals surface area contributed by atoms with E-state index in [9.17, 15) is 4.79 Å². The van der Waals surface area contributed by atoms with E-state index in [-0.39, 0.29) is 5.91 Å². The van der Waals surface area contributed by atoms with E-state index in [1.165, 1.54) is 42.8 Å². The first kappa shape index (κ1) is 14.2. The van der Waals surface area contributed by atoms with Gasteiger partial charge in [-0.1, -0.05) is 13.0 Å². The first-order valence-corrected chi connectivity index (χ1v) is 8.93. The highest BCUT2D eigenvalue weighted by Crippen LogP contribution is 2.28. The Hall–Kier alpha value is -1.46. The van der Waals surface area contributed by atoms with Crippen LogP contribution in [0.25, 0.3) is 10.1 Å². The molecule has 0 radical (unpaired) electrons. The summed E-state index contributed by atoms with van der Waals surface area (Å²) in [7, 11) is 0. The Labute approximate surface area is 134 Å². The maximum absolute atomic E-state index is 12.6. The van der Waals surface area contributed by atoms with Crippen molar-refractivity contribution < 1.29 is 4.79 Å². The lowest BCUT2D eigenvalue weighted by Crippen LogP contribution is -2.57. The van der Waals surface area contributed by atoms with Gasteiger partial charge in [-0.15, -0.1) is 0 Å². The van der Waals surface area contributed by atoms with Gasteiger partial charge in [-0.05, 0) is 61.9 Å². The molecule has 116 valence electrons. The minimum absolute atomic E-state index is 0.0621. The molecule has 0 unspecified atom stereocenters. The molecule has 0 aliphatic carbocycles.